The van der Waals surface area contributed by atoms with Crippen LogP contribution in [0.2, 0.25) is 0 Å². The first-order chi connectivity index (χ1) is 8.20. The van der Waals surface area contributed by atoms with Gasteiger partial charge in [0.1, 0.15) is 0 Å². The van der Waals surface area contributed by atoms with E-state index in [1.165, 1.54) is 11.3 Å². The van der Waals surface area contributed by atoms with E-state index in [2.05, 4.69) is 12.2 Å². The average Bonchev–Trinajstić information content (AvgIpc) is 2.94. The minimum absolute atomic E-state index is 0.0400. The van der Waals surface area contributed by atoms with Gasteiger partial charge in [-0.15, -0.1) is 11.3 Å². The lowest BCUT2D eigenvalue weighted by Gasteiger charge is -2.10. The zero-order chi connectivity index (χ0) is 12.3. The molecule has 2 atom stereocenters. The van der Waals surface area contributed by atoms with Crippen molar-refractivity contribution in [2.24, 2.45) is 5.92 Å². The van der Waals surface area contributed by atoms with Crippen LogP contribution in [0.25, 0.3) is 0 Å². The van der Waals surface area contributed by atoms with Crippen LogP contribution in [-0.4, -0.2) is 23.7 Å². The number of thiophene rings is 1. The van der Waals surface area contributed by atoms with Gasteiger partial charge in [-0.2, -0.15) is 0 Å². The van der Waals surface area contributed by atoms with Crippen LogP contribution in [0.15, 0.2) is 11.4 Å². The van der Waals surface area contributed by atoms with E-state index < -0.39 is 0 Å². The summed E-state index contributed by atoms with van der Waals surface area (Å²) in [7, 11) is 0. The Kier molecular flexibility index (Phi) is 4.18. The van der Waals surface area contributed by atoms with Crippen molar-refractivity contribution in [3.05, 3.63) is 21.9 Å². The molecule has 1 amide bonds. The van der Waals surface area contributed by atoms with Crippen LogP contribution in [0.3, 0.4) is 0 Å². The molecular weight excluding hydrogens is 234 g/mol. The third-order valence-corrected chi connectivity index (χ3v) is 4.35. The van der Waals surface area contributed by atoms with Crippen molar-refractivity contribution in [3.8, 4) is 0 Å². The maximum atomic E-state index is 12.0. The highest BCUT2D eigenvalue weighted by Crippen LogP contribution is 2.25. The summed E-state index contributed by atoms with van der Waals surface area (Å²) in [5, 5.41) is 14.4. The molecule has 2 unspecified atom stereocenters. The largest absolute Gasteiger partial charge is 0.393 e. The minimum Gasteiger partial charge on any atom is -0.393 e. The maximum absolute atomic E-state index is 12.0. The predicted molar refractivity (Wildman–Crippen MR) is 69.4 cm³/mol. The Hall–Kier alpha value is -0.870. The number of aryl methyl sites for hydroxylation is 1. The first-order valence-corrected chi connectivity index (χ1v) is 7.11. The molecular formula is C13H19NO2S. The topological polar surface area (TPSA) is 49.3 Å². The molecule has 2 rings (SSSR count). The van der Waals surface area contributed by atoms with Gasteiger partial charge in [0, 0.05) is 6.54 Å². The van der Waals surface area contributed by atoms with Crippen molar-refractivity contribution in [3.63, 3.8) is 0 Å². The standard InChI is InChI=1S/C13H19NO2S/c1-2-10-5-6-17-12(10)13(16)14-8-9-3-4-11(15)7-9/h5-6,9,11,15H,2-4,7-8H2,1H3,(H,14,16). The van der Waals surface area contributed by atoms with Crippen molar-refractivity contribution < 1.29 is 9.90 Å². The average molecular weight is 253 g/mol. The summed E-state index contributed by atoms with van der Waals surface area (Å²) in [6.07, 6.45) is 3.45. The van der Waals surface area contributed by atoms with E-state index >= 15 is 0 Å². The lowest BCUT2D eigenvalue weighted by molar-refractivity contribution is 0.0948. The fourth-order valence-electron chi connectivity index (χ4n) is 2.36. The summed E-state index contributed by atoms with van der Waals surface area (Å²) in [6.45, 7) is 2.75. The fraction of sp³-hybridized carbons (Fsp3) is 0.615. The molecule has 0 bridgehead atoms. The van der Waals surface area contributed by atoms with Crippen molar-refractivity contribution in [2.75, 3.05) is 6.54 Å². The van der Waals surface area contributed by atoms with Crippen molar-refractivity contribution in [2.45, 2.75) is 38.7 Å². The van der Waals surface area contributed by atoms with Crippen LogP contribution < -0.4 is 5.32 Å². The predicted octanol–water partition coefficient (Wildman–Crippen LogP) is 2.20. The highest BCUT2D eigenvalue weighted by Gasteiger charge is 2.23. The number of amides is 1. The van der Waals surface area contributed by atoms with E-state index in [-0.39, 0.29) is 12.0 Å². The second kappa shape index (κ2) is 5.65. The first kappa shape index (κ1) is 12.6. The lowest BCUT2D eigenvalue weighted by Crippen LogP contribution is -2.28. The number of hydrogen-bond acceptors (Lipinski definition) is 3. The first-order valence-electron chi connectivity index (χ1n) is 6.23. The summed E-state index contributed by atoms with van der Waals surface area (Å²) >= 11 is 1.50. The summed E-state index contributed by atoms with van der Waals surface area (Å²) in [5.74, 6) is 0.484. The van der Waals surface area contributed by atoms with Gasteiger partial charge in [0.25, 0.3) is 5.91 Å². The van der Waals surface area contributed by atoms with Gasteiger partial charge in [-0.05, 0) is 48.6 Å². The van der Waals surface area contributed by atoms with Crippen molar-refractivity contribution in [1.29, 1.82) is 0 Å². The smallest absolute Gasteiger partial charge is 0.261 e. The molecule has 1 aliphatic rings. The van der Waals surface area contributed by atoms with Gasteiger partial charge in [-0.1, -0.05) is 6.92 Å². The molecule has 1 aromatic rings. The Balaban J connectivity index is 1.85. The van der Waals surface area contributed by atoms with E-state index in [1.54, 1.807) is 0 Å². The molecule has 0 radical (unpaired) electrons. The summed E-state index contributed by atoms with van der Waals surface area (Å²) in [4.78, 5) is 12.8. The monoisotopic (exact) mass is 253 g/mol. The van der Waals surface area contributed by atoms with Crippen LogP contribution in [0.5, 0.6) is 0 Å². The van der Waals surface area contributed by atoms with Gasteiger partial charge >= 0.3 is 0 Å². The molecule has 1 heterocycles. The SMILES string of the molecule is CCc1ccsc1C(=O)NCC1CCC(O)C1. The maximum Gasteiger partial charge on any atom is 0.261 e. The number of aliphatic hydroxyl groups excluding tert-OH is 1. The fourth-order valence-corrected chi connectivity index (χ4v) is 3.28. The van der Waals surface area contributed by atoms with Crippen LogP contribution >= 0.6 is 11.3 Å². The van der Waals surface area contributed by atoms with Crippen LogP contribution in [0.1, 0.15) is 41.4 Å². The van der Waals surface area contributed by atoms with Gasteiger partial charge in [-0.25, -0.2) is 0 Å². The molecule has 0 aliphatic heterocycles. The normalized spacial score (nSPS) is 23.9. The number of rotatable bonds is 4. The molecule has 94 valence electrons. The number of carbonyl (C=O) groups excluding carboxylic acids is 1. The van der Waals surface area contributed by atoms with Gasteiger partial charge in [0.05, 0.1) is 11.0 Å². The third kappa shape index (κ3) is 3.07. The third-order valence-electron chi connectivity index (χ3n) is 3.40. The molecule has 1 fully saturated rings. The molecule has 0 spiro atoms. The van der Waals surface area contributed by atoms with Gasteiger partial charge in [-0.3, -0.25) is 4.79 Å². The van der Waals surface area contributed by atoms with Crippen molar-refractivity contribution in [1.82, 2.24) is 5.32 Å². The zero-order valence-corrected chi connectivity index (χ0v) is 10.9. The Bertz CT molecular complexity index is 389. The highest BCUT2D eigenvalue weighted by molar-refractivity contribution is 7.12. The number of aliphatic hydroxyl groups is 1. The quantitative estimate of drug-likeness (QED) is 0.864. The van der Waals surface area contributed by atoms with E-state index in [9.17, 15) is 9.90 Å². The second-order valence-electron chi connectivity index (χ2n) is 4.67. The molecule has 2 N–H and O–H groups in total. The van der Waals surface area contributed by atoms with E-state index in [0.717, 1.165) is 36.1 Å². The second-order valence-corrected chi connectivity index (χ2v) is 5.59. The Morgan fingerprint density at radius 2 is 2.41 bits per heavy atom. The van der Waals surface area contributed by atoms with Gasteiger partial charge in [0.15, 0.2) is 0 Å². The van der Waals surface area contributed by atoms with Crippen LogP contribution in [0.4, 0.5) is 0 Å². The van der Waals surface area contributed by atoms with E-state index in [1.807, 2.05) is 11.4 Å². The number of nitrogens with one attached hydrogen (secondary N) is 1. The van der Waals surface area contributed by atoms with Crippen LogP contribution in [0, 0.1) is 5.92 Å². The van der Waals surface area contributed by atoms with E-state index in [4.69, 9.17) is 0 Å². The highest BCUT2D eigenvalue weighted by atomic mass is 32.1. The molecule has 3 nitrogen and oxygen atoms in total. The Labute approximate surface area is 106 Å². The number of carbonyl (C=O) groups is 1. The molecule has 17 heavy (non-hydrogen) atoms. The summed E-state index contributed by atoms with van der Waals surface area (Å²) in [6, 6.07) is 2.01. The minimum atomic E-state index is -0.162. The Morgan fingerprint density at radius 1 is 1.59 bits per heavy atom. The van der Waals surface area contributed by atoms with Crippen LogP contribution in [-0.2, 0) is 6.42 Å². The molecule has 1 saturated carbocycles. The van der Waals surface area contributed by atoms with Crippen molar-refractivity contribution >= 4 is 17.2 Å². The van der Waals surface area contributed by atoms with Gasteiger partial charge in [0.2, 0.25) is 0 Å². The molecule has 1 aliphatic carbocycles. The van der Waals surface area contributed by atoms with E-state index in [0.29, 0.717) is 12.5 Å². The Morgan fingerprint density at radius 3 is 3.06 bits per heavy atom. The molecule has 4 heteroatoms. The lowest BCUT2D eigenvalue weighted by atomic mass is 10.1. The number of hydrogen-bond donors (Lipinski definition) is 2. The van der Waals surface area contributed by atoms with Gasteiger partial charge < -0.3 is 10.4 Å². The zero-order valence-electron chi connectivity index (χ0n) is 10.1. The summed E-state index contributed by atoms with van der Waals surface area (Å²) in [5.41, 5.74) is 1.12. The summed E-state index contributed by atoms with van der Waals surface area (Å²) < 4.78 is 0. The molecule has 1 aromatic heterocycles. The molecule has 0 saturated heterocycles. The molecule has 0 aromatic carbocycles.